The molecule has 0 bridgehead atoms. The number of carboxylic acids is 1. The fourth-order valence-electron chi connectivity index (χ4n) is 1.80. The third kappa shape index (κ3) is 3.34. The number of aromatic carboxylic acids is 1. The first-order chi connectivity index (χ1) is 7.95. The predicted octanol–water partition coefficient (Wildman–Crippen LogP) is 3.10. The molecule has 17 heavy (non-hydrogen) atoms. The van der Waals surface area contributed by atoms with Crippen molar-refractivity contribution in [3.63, 3.8) is 0 Å². The molecule has 0 aromatic heterocycles. The predicted molar refractivity (Wildman–Crippen MR) is 70.8 cm³/mol. The Balaban J connectivity index is 3.02. The molecular weight excluding hydrogens is 214 g/mol. The van der Waals surface area contributed by atoms with Crippen molar-refractivity contribution in [3.05, 3.63) is 41.5 Å². The van der Waals surface area contributed by atoms with Crippen LogP contribution < -0.4 is 4.90 Å². The van der Waals surface area contributed by atoms with Crippen LogP contribution >= 0.6 is 0 Å². The minimum atomic E-state index is -0.878. The van der Waals surface area contributed by atoms with Gasteiger partial charge in [0.2, 0.25) is 0 Å². The van der Waals surface area contributed by atoms with Gasteiger partial charge in [-0.1, -0.05) is 12.2 Å². The fraction of sp³-hybridized carbons (Fsp3) is 0.357. The van der Waals surface area contributed by atoms with Gasteiger partial charge in [0.25, 0.3) is 0 Å². The molecule has 0 amide bonds. The van der Waals surface area contributed by atoms with Crippen molar-refractivity contribution in [2.75, 3.05) is 18.0 Å². The summed E-state index contributed by atoms with van der Waals surface area (Å²) in [5.41, 5.74) is 3.28. The molecule has 1 N–H and O–H groups in total. The van der Waals surface area contributed by atoms with Gasteiger partial charge < -0.3 is 10.0 Å². The molecule has 0 fully saturated rings. The molecule has 3 heteroatoms. The summed E-state index contributed by atoms with van der Waals surface area (Å²) in [5, 5.41) is 8.97. The lowest BCUT2D eigenvalue weighted by Gasteiger charge is -2.24. The van der Waals surface area contributed by atoms with Gasteiger partial charge in [0.1, 0.15) is 0 Å². The van der Waals surface area contributed by atoms with Crippen molar-refractivity contribution in [3.8, 4) is 0 Å². The summed E-state index contributed by atoms with van der Waals surface area (Å²) in [6, 6.07) is 5.42. The average Bonchev–Trinajstić information content (AvgIpc) is 2.24. The summed E-state index contributed by atoms with van der Waals surface area (Å²) in [5.74, 6) is -0.878. The lowest BCUT2D eigenvalue weighted by Crippen LogP contribution is -2.24. The fourth-order valence-corrected chi connectivity index (χ4v) is 1.80. The van der Waals surface area contributed by atoms with E-state index in [9.17, 15) is 4.79 Å². The van der Waals surface area contributed by atoms with Gasteiger partial charge in [-0.3, -0.25) is 0 Å². The first kappa shape index (κ1) is 13.3. The normalized spacial score (nSPS) is 10.1. The highest BCUT2D eigenvalue weighted by atomic mass is 16.4. The van der Waals surface area contributed by atoms with Crippen molar-refractivity contribution >= 4 is 11.7 Å². The molecule has 3 nitrogen and oxygen atoms in total. The largest absolute Gasteiger partial charge is 0.478 e. The Hall–Kier alpha value is -1.77. The molecule has 1 rings (SSSR count). The molecule has 0 aliphatic carbocycles. The first-order valence-corrected chi connectivity index (χ1v) is 5.69. The zero-order valence-corrected chi connectivity index (χ0v) is 10.7. The number of benzene rings is 1. The van der Waals surface area contributed by atoms with E-state index in [1.165, 1.54) is 0 Å². The zero-order valence-electron chi connectivity index (χ0n) is 10.7. The highest BCUT2D eigenvalue weighted by Gasteiger charge is 2.10. The van der Waals surface area contributed by atoms with Crippen LogP contribution in [0.15, 0.2) is 30.4 Å². The quantitative estimate of drug-likeness (QED) is 0.794. The number of hydrogen-bond acceptors (Lipinski definition) is 2. The lowest BCUT2D eigenvalue weighted by atomic mass is 10.1. The van der Waals surface area contributed by atoms with Crippen molar-refractivity contribution in [1.29, 1.82) is 0 Å². The second-order valence-electron chi connectivity index (χ2n) is 4.28. The summed E-state index contributed by atoms with van der Waals surface area (Å²) in [6.45, 7) is 11.4. The van der Waals surface area contributed by atoms with Gasteiger partial charge in [0.15, 0.2) is 0 Å². The molecule has 0 spiro atoms. The number of hydrogen-bond donors (Lipinski definition) is 1. The maximum Gasteiger partial charge on any atom is 0.335 e. The number of likely N-dealkylation sites (N-methyl/N-ethyl adjacent to an activating group) is 1. The van der Waals surface area contributed by atoms with Crippen molar-refractivity contribution in [2.45, 2.75) is 20.8 Å². The topological polar surface area (TPSA) is 40.5 Å². The van der Waals surface area contributed by atoms with E-state index in [-0.39, 0.29) is 0 Å². The van der Waals surface area contributed by atoms with E-state index in [4.69, 9.17) is 5.11 Å². The summed E-state index contributed by atoms with van der Waals surface area (Å²) < 4.78 is 0. The molecule has 1 aromatic rings. The molecule has 0 saturated carbocycles. The summed E-state index contributed by atoms with van der Waals surface area (Å²) in [6.07, 6.45) is 0. The van der Waals surface area contributed by atoms with Crippen LogP contribution in [0.1, 0.15) is 29.8 Å². The minimum Gasteiger partial charge on any atom is -0.478 e. The number of carbonyl (C=O) groups is 1. The highest BCUT2D eigenvalue weighted by Crippen LogP contribution is 2.20. The van der Waals surface area contributed by atoms with Crippen LogP contribution in [0.2, 0.25) is 0 Å². The highest BCUT2D eigenvalue weighted by molar-refractivity contribution is 5.89. The van der Waals surface area contributed by atoms with Gasteiger partial charge in [-0.2, -0.15) is 0 Å². The van der Waals surface area contributed by atoms with Gasteiger partial charge >= 0.3 is 5.97 Å². The Kier molecular flexibility index (Phi) is 4.32. The second-order valence-corrected chi connectivity index (χ2v) is 4.28. The van der Waals surface area contributed by atoms with E-state index >= 15 is 0 Å². The molecule has 1 aromatic carbocycles. The van der Waals surface area contributed by atoms with Crippen LogP contribution in [0, 0.1) is 6.92 Å². The van der Waals surface area contributed by atoms with E-state index in [1.807, 2.05) is 26.0 Å². The van der Waals surface area contributed by atoms with Gasteiger partial charge in [0, 0.05) is 18.8 Å². The third-order valence-electron chi connectivity index (χ3n) is 2.65. The van der Waals surface area contributed by atoms with Crippen LogP contribution in [0.5, 0.6) is 0 Å². The molecule has 0 aliphatic rings. The average molecular weight is 233 g/mol. The number of nitrogens with zero attached hydrogens (tertiary/aromatic N) is 1. The summed E-state index contributed by atoms with van der Waals surface area (Å²) >= 11 is 0. The van der Waals surface area contributed by atoms with Gasteiger partial charge in [-0.05, 0) is 44.5 Å². The molecule has 0 saturated heterocycles. The molecule has 0 aliphatic heterocycles. The molecule has 0 unspecified atom stereocenters. The maximum absolute atomic E-state index is 10.9. The summed E-state index contributed by atoms with van der Waals surface area (Å²) in [7, 11) is 0. The van der Waals surface area contributed by atoms with E-state index in [2.05, 4.69) is 18.4 Å². The Labute approximate surface area is 102 Å². The molecule has 92 valence electrons. The van der Waals surface area contributed by atoms with Crippen LogP contribution in [-0.4, -0.2) is 24.2 Å². The van der Waals surface area contributed by atoms with E-state index in [1.54, 1.807) is 6.07 Å². The number of rotatable bonds is 5. The van der Waals surface area contributed by atoms with Gasteiger partial charge in [0.05, 0.1) is 5.56 Å². The maximum atomic E-state index is 10.9. The first-order valence-electron chi connectivity index (χ1n) is 5.69. The van der Waals surface area contributed by atoms with E-state index in [0.717, 1.165) is 29.9 Å². The van der Waals surface area contributed by atoms with Crippen molar-refractivity contribution in [1.82, 2.24) is 0 Å². The number of aryl methyl sites for hydroxylation is 1. The number of carboxylic acid groups (broad SMARTS) is 1. The van der Waals surface area contributed by atoms with Crippen LogP contribution in [-0.2, 0) is 0 Å². The van der Waals surface area contributed by atoms with Gasteiger partial charge in [-0.15, -0.1) is 0 Å². The smallest absolute Gasteiger partial charge is 0.335 e. The Morgan fingerprint density at radius 1 is 1.47 bits per heavy atom. The molecule has 0 atom stereocenters. The lowest BCUT2D eigenvalue weighted by molar-refractivity contribution is 0.0696. The summed E-state index contributed by atoms with van der Waals surface area (Å²) in [4.78, 5) is 13.1. The molecule has 0 heterocycles. The molecular formula is C14H19NO2. The number of anilines is 1. The van der Waals surface area contributed by atoms with E-state index in [0.29, 0.717) is 5.56 Å². The van der Waals surface area contributed by atoms with Gasteiger partial charge in [-0.25, -0.2) is 4.79 Å². The van der Waals surface area contributed by atoms with Crippen LogP contribution in [0.25, 0.3) is 0 Å². The standard InChI is InChI=1S/C14H19NO2/c1-5-15(9-10(2)3)12-6-7-13(14(16)17)11(4)8-12/h6-8H,2,5,9H2,1,3-4H3,(H,16,17). The Morgan fingerprint density at radius 3 is 2.53 bits per heavy atom. The Bertz CT molecular complexity index is 438. The minimum absolute atomic E-state index is 0.361. The van der Waals surface area contributed by atoms with E-state index < -0.39 is 5.97 Å². The van der Waals surface area contributed by atoms with Crippen LogP contribution in [0.4, 0.5) is 5.69 Å². The van der Waals surface area contributed by atoms with Crippen molar-refractivity contribution in [2.24, 2.45) is 0 Å². The Morgan fingerprint density at radius 2 is 2.12 bits per heavy atom. The third-order valence-corrected chi connectivity index (χ3v) is 2.65. The monoisotopic (exact) mass is 233 g/mol. The SMILES string of the molecule is C=C(C)CN(CC)c1ccc(C(=O)O)c(C)c1. The molecule has 0 radical (unpaired) electrons. The zero-order chi connectivity index (χ0) is 13.0. The van der Waals surface area contributed by atoms with Crippen LogP contribution in [0.3, 0.4) is 0 Å². The second kappa shape index (κ2) is 5.53. The van der Waals surface area contributed by atoms with Crippen molar-refractivity contribution < 1.29 is 9.90 Å².